The van der Waals surface area contributed by atoms with Crippen LogP contribution in [0.25, 0.3) is 11.1 Å². The fourth-order valence-electron chi connectivity index (χ4n) is 7.57. The Morgan fingerprint density at radius 1 is 0.957 bits per heavy atom. The summed E-state index contributed by atoms with van der Waals surface area (Å²) in [5.74, 6) is 1.83. The number of carbonyl (C=O) groups excluding carboxylic acids is 2. The highest BCUT2D eigenvalue weighted by atomic mass is 16.5. The molecule has 1 fully saturated rings. The number of hydrogen-bond donors (Lipinski definition) is 2. The van der Waals surface area contributed by atoms with Crippen molar-refractivity contribution >= 4 is 17.5 Å². The lowest BCUT2D eigenvalue weighted by molar-refractivity contribution is -0.134. The molecule has 11 nitrogen and oxygen atoms in total. The predicted octanol–water partition coefficient (Wildman–Crippen LogP) is 3.86. The first-order valence-electron chi connectivity index (χ1n) is 16.2. The van der Waals surface area contributed by atoms with Gasteiger partial charge in [-0.15, -0.1) is 0 Å². The van der Waals surface area contributed by atoms with E-state index in [4.69, 9.17) is 14.2 Å². The Balaban J connectivity index is 1.20. The van der Waals surface area contributed by atoms with Crippen LogP contribution >= 0.6 is 0 Å². The second-order valence-electron chi connectivity index (χ2n) is 12.6. The molecule has 2 N–H and O–H groups in total. The topological polar surface area (TPSA) is 128 Å². The number of nitrogens with one attached hydrogen (secondary N) is 2. The summed E-state index contributed by atoms with van der Waals surface area (Å²) in [6.07, 6.45) is 3.10. The number of amides is 2. The first-order valence-corrected chi connectivity index (χ1v) is 16.2. The van der Waals surface area contributed by atoms with E-state index in [-0.39, 0.29) is 34.6 Å². The molecule has 0 spiro atoms. The Hall–Kier alpha value is -4.80. The molecule has 11 heteroatoms. The number of aromatic nitrogens is 1. The number of pyridine rings is 1. The molecule has 3 aliphatic rings. The number of ether oxygens (including phenoxy) is 3. The lowest BCUT2D eigenvalue weighted by atomic mass is 9.83. The molecule has 0 unspecified atom stereocenters. The van der Waals surface area contributed by atoms with Gasteiger partial charge in [0, 0.05) is 62.8 Å². The monoisotopic (exact) mass is 642 g/mol. The molecule has 3 aromatic rings. The van der Waals surface area contributed by atoms with Gasteiger partial charge >= 0.3 is 0 Å². The Kier molecular flexibility index (Phi) is 9.24. The molecular formula is C36H42N4O7. The second-order valence-corrected chi connectivity index (χ2v) is 12.6. The van der Waals surface area contributed by atoms with E-state index in [1.807, 2.05) is 27.7 Å². The number of benzene rings is 1. The van der Waals surface area contributed by atoms with Crippen LogP contribution in [0.15, 0.2) is 52.1 Å². The highest BCUT2D eigenvalue weighted by molar-refractivity contribution is 5.84. The summed E-state index contributed by atoms with van der Waals surface area (Å²) in [5, 5.41) is 6.28. The highest BCUT2D eigenvalue weighted by Gasteiger charge is 2.36. The average Bonchev–Trinajstić information content (AvgIpc) is 3.30. The van der Waals surface area contributed by atoms with Gasteiger partial charge in [-0.1, -0.05) is 12.1 Å². The van der Waals surface area contributed by atoms with Crippen LogP contribution in [0.2, 0.25) is 0 Å². The Morgan fingerprint density at radius 2 is 1.77 bits per heavy atom. The first-order chi connectivity index (χ1) is 22.7. The third kappa shape index (κ3) is 6.31. The van der Waals surface area contributed by atoms with E-state index in [1.54, 1.807) is 45.6 Å². The summed E-state index contributed by atoms with van der Waals surface area (Å²) in [5.41, 5.74) is 4.43. The standard InChI is InChI=1S/C36H42N4O7/c1-21(41)38-27-12-10-23-16-31(45-2)35(46-3)36(47-4)34(23)25-11-13-28(30(42)17-26(25)27)37-14-6-9-32(43)39-18-22-15-24(20-39)29-7-5-8-33(44)40(29)19-22/h5,7-8,11,13,16-17,22,24,27H,6,9-10,12,14-15,18-20H2,1-4H3,(H,37,42)(H,38,41)/t22-,24+,27-/m1/s1. The van der Waals surface area contributed by atoms with Crippen LogP contribution < -0.4 is 35.8 Å². The fourth-order valence-corrected chi connectivity index (χ4v) is 7.57. The van der Waals surface area contributed by atoms with Crippen molar-refractivity contribution < 1.29 is 23.8 Å². The van der Waals surface area contributed by atoms with Crippen LogP contribution in [0.3, 0.4) is 0 Å². The number of hydrogen-bond acceptors (Lipinski definition) is 8. The maximum Gasteiger partial charge on any atom is 0.250 e. The number of rotatable bonds is 9. The summed E-state index contributed by atoms with van der Waals surface area (Å²) in [6.45, 7) is 3.84. The van der Waals surface area contributed by atoms with Crippen LogP contribution in [-0.4, -0.2) is 62.2 Å². The average molecular weight is 643 g/mol. The Labute approximate surface area is 273 Å². The van der Waals surface area contributed by atoms with E-state index in [1.165, 1.54) is 6.92 Å². The van der Waals surface area contributed by atoms with Crippen LogP contribution in [-0.2, 0) is 22.6 Å². The maximum absolute atomic E-state index is 13.6. The summed E-state index contributed by atoms with van der Waals surface area (Å²) in [6, 6.07) is 12.2. The molecule has 2 aromatic carbocycles. The first kappa shape index (κ1) is 32.2. The third-order valence-electron chi connectivity index (χ3n) is 9.63. The number of anilines is 1. The highest BCUT2D eigenvalue weighted by Crippen LogP contribution is 2.50. The number of likely N-dealkylation sites (tertiary alicyclic amines) is 1. The van der Waals surface area contributed by atoms with Crippen LogP contribution in [0.4, 0.5) is 5.69 Å². The summed E-state index contributed by atoms with van der Waals surface area (Å²) in [7, 11) is 4.69. The van der Waals surface area contributed by atoms with Gasteiger partial charge in [-0.25, -0.2) is 0 Å². The normalized spacial score (nSPS) is 19.3. The van der Waals surface area contributed by atoms with E-state index in [2.05, 4.69) is 10.6 Å². The maximum atomic E-state index is 13.6. The third-order valence-corrected chi connectivity index (χ3v) is 9.63. The van der Waals surface area contributed by atoms with Gasteiger partial charge in [0.2, 0.25) is 23.0 Å². The summed E-state index contributed by atoms with van der Waals surface area (Å²) < 4.78 is 19.0. The Morgan fingerprint density at radius 3 is 2.51 bits per heavy atom. The number of methoxy groups -OCH3 is 3. The molecular weight excluding hydrogens is 600 g/mol. The zero-order valence-corrected chi connectivity index (χ0v) is 27.4. The van der Waals surface area contributed by atoms with Crippen molar-refractivity contribution in [2.24, 2.45) is 5.92 Å². The molecule has 2 aliphatic heterocycles. The van der Waals surface area contributed by atoms with E-state index in [9.17, 15) is 19.2 Å². The quantitative estimate of drug-likeness (QED) is 0.337. The zero-order valence-electron chi connectivity index (χ0n) is 27.4. The van der Waals surface area contributed by atoms with E-state index >= 15 is 0 Å². The molecule has 1 aliphatic carbocycles. The Bertz CT molecular complexity index is 1820. The number of aryl methyl sites for hydroxylation is 1. The van der Waals surface area contributed by atoms with Gasteiger partial charge in [0.05, 0.1) is 33.1 Å². The lowest BCUT2D eigenvalue weighted by Gasteiger charge is -2.42. The summed E-state index contributed by atoms with van der Waals surface area (Å²) >= 11 is 0. The number of carbonyl (C=O) groups is 2. The molecule has 2 bridgehead atoms. The number of nitrogens with zero attached hydrogens (tertiary/aromatic N) is 2. The van der Waals surface area contributed by atoms with Crippen molar-refractivity contribution in [2.75, 3.05) is 46.3 Å². The van der Waals surface area contributed by atoms with E-state index in [0.29, 0.717) is 80.4 Å². The minimum atomic E-state index is -0.392. The number of fused-ring (bicyclic) bond motifs is 7. The molecule has 0 saturated carbocycles. The van der Waals surface area contributed by atoms with Gasteiger partial charge in [-0.3, -0.25) is 19.2 Å². The van der Waals surface area contributed by atoms with Crippen LogP contribution in [0, 0.1) is 5.92 Å². The molecule has 2 amide bonds. The zero-order chi connectivity index (χ0) is 33.2. The molecule has 47 heavy (non-hydrogen) atoms. The van der Waals surface area contributed by atoms with Crippen molar-refractivity contribution in [3.63, 3.8) is 0 Å². The van der Waals surface area contributed by atoms with Crippen LogP contribution in [0.5, 0.6) is 17.2 Å². The lowest BCUT2D eigenvalue weighted by Crippen LogP contribution is -2.49. The van der Waals surface area contributed by atoms with Crippen molar-refractivity contribution in [3.05, 3.63) is 79.9 Å². The number of piperidine rings is 1. The fraction of sp³-hybridized carbons (Fsp3) is 0.444. The minimum absolute atomic E-state index is 0.0282. The van der Waals surface area contributed by atoms with Crippen molar-refractivity contribution in [1.82, 2.24) is 14.8 Å². The summed E-state index contributed by atoms with van der Waals surface area (Å²) in [4.78, 5) is 53.3. The van der Waals surface area contributed by atoms with Gasteiger partial charge in [0.1, 0.15) is 0 Å². The predicted molar refractivity (Wildman–Crippen MR) is 179 cm³/mol. The van der Waals surface area contributed by atoms with Crippen molar-refractivity contribution in [3.8, 4) is 28.4 Å². The minimum Gasteiger partial charge on any atom is -0.493 e. The molecule has 3 atom stereocenters. The van der Waals surface area contributed by atoms with Gasteiger partial charge in [0.25, 0.3) is 5.56 Å². The molecule has 3 heterocycles. The SMILES string of the molecule is COc1cc2c(c(OC)c1OC)-c1ccc(NCCCC(=O)N3C[C@H]4C[C@@H](C3)c3cccc(=O)n3C4)c(=O)cc1[C@H](NC(C)=O)CC2. The molecule has 1 aromatic heterocycles. The van der Waals surface area contributed by atoms with Crippen LogP contribution in [0.1, 0.15) is 61.4 Å². The molecule has 248 valence electrons. The molecule has 6 rings (SSSR count). The smallest absolute Gasteiger partial charge is 0.250 e. The molecule has 0 radical (unpaired) electrons. The van der Waals surface area contributed by atoms with Gasteiger partial charge < -0.3 is 34.3 Å². The van der Waals surface area contributed by atoms with Gasteiger partial charge in [-0.2, -0.15) is 0 Å². The molecule has 1 saturated heterocycles. The van der Waals surface area contributed by atoms with Gasteiger partial charge in [0.15, 0.2) is 11.5 Å². The second kappa shape index (κ2) is 13.5. The van der Waals surface area contributed by atoms with E-state index < -0.39 is 6.04 Å². The van der Waals surface area contributed by atoms with Crippen molar-refractivity contribution in [2.45, 2.75) is 57.5 Å². The largest absolute Gasteiger partial charge is 0.493 e. The van der Waals surface area contributed by atoms with Crippen molar-refractivity contribution in [1.29, 1.82) is 0 Å². The van der Waals surface area contributed by atoms with E-state index in [0.717, 1.165) is 28.8 Å². The van der Waals surface area contributed by atoms with Gasteiger partial charge in [-0.05, 0) is 72.6 Å².